The molecule has 22 heavy (non-hydrogen) atoms. The van der Waals surface area contributed by atoms with Crippen molar-refractivity contribution >= 4 is 44.6 Å². The molecule has 1 amide bonds. The van der Waals surface area contributed by atoms with Gasteiger partial charge in [-0.3, -0.25) is 4.79 Å². The summed E-state index contributed by atoms with van der Waals surface area (Å²) in [5.41, 5.74) is 1.69. The summed E-state index contributed by atoms with van der Waals surface area (Å²) in [6.07, 6.45) is 5.50. The first-order valence-electron chi connectivity index (χ1n) is 7.50. The zero-order valence-electron chi connectivity index (χ0n) is 13.1. The number of aryl methyl sites for hydroxylation is 1. The second-order valence-corrected chi connectivity index (χ2v) is 7.99. The molecule has 5 heteroatoms. The monoisotopic (exact) mass is 381 g/mol. The van der Waals surface area contributed by atoms with Gasteiger partial charge in [0.15, 0.2) is 5.76 Å². The fourth-order valence-electron chi connectivity index (χ4n) is 3.21. The number of carbonyl (C=O) groups excluding carboxylic acids is 1. The Bertz CT molecular complexity index is 712. The highest BCUT2D eigenvalue weighted by Crippen LogP contribution is 2.33. The number of benzene rings is 1. The summed E-state index contributed by atoms with van der Waals surface area (Å²) in [6.45, 7) is 1.96. The molecule has 1 saturated carbocycles. The minimum absolute atomic E-state index is 0.00317. The van der Waals surface area contributed by atoms with Gasteiger partial charge in [-0.05, 0) is 50.6 Å². The average molecular weight is 382 g/mol. The van der Waals surface area contributed by atoms with Crippen LogP contribution in [0.3, 0.4) is 0 Å². The van der Waals surface area contributed by atoms with Crippen LogP contribution in [0.1, 0.15) is 35.4 Å². The van der Waals surface area contributed by atoms with Crippen molar-refractivity contribution in [2.75, 3.05) is 13.3 Å². The molecule has 0 bridgehead atoms. The Morgan fingerprint density at radius 3 is 2.86 bits per heavy atom. The fraction of sp³-hybridized carbons (Fsp3) is 0.471. The van der Waals surface area contributed by atoms with Crippen molar-refractivity contribution in [2.24, 2.45) is 0 Å². The quantitative estimate of drug-likeness (QED) is 0.760. The van der Waals surface area contributed by atoms with Gasteiger partial charge in [-0.2, -0.15) is 11.8 Å². The van der Waals surface area contributed by atoms with Crippen molar-refractivity contribution in [1.82, 2.24) is 4.90 Å². The first-order valence-corrected chi connectivity index (χ1v) is 9.58. The topological polar surface area (TPSA) is 33.5 Å². The van der Waals surface area contributed by atoms with Crippen LogP contribution in [0.5, 0.6) is 0 Å². The summed E-state index contributed by atoms with van der Waals surface area (Å²) in [6, 6.07) is 6.17. The second kappa shape index (κ2) is 6.28. The number of fused-ring (bicyclic) bond motifs is 1. The van der Waals surface area contributed by atoms with Crippen LogP contribution in [0.25, 0.3) is 11.0 Å². The molecule has 0 spiro atoms. The van der Waals surface area contributed by atoms with Gasteiger partial charge in [0, 0.05) is 33.8 Å². The highest BCUT2D eigenvalue weighted by molar-refractivity contribution is 9.10. The molecule has 0 aliphatic heterocycles. The summed E-state index contributed by atoms with van der Waals surface area (Å²) < 4.78 is 6.83. The Kier molecular flexibility index (Phi) is 4.55. The van der Waals surface area contributed by atoms with E-state index in [0.29, 0.717) is 17.1 Å². The van der Waals surface area contributed by atoms with Gasteiger partial charge in [0.2, 0.25) is 0 Å². The molecule has 1 aliphatic rings. The molecule has 1 fully saturated rings. The number of furan rings is 1. The van der Waals surface area contributed by atoms with E-state index in [0.717, 1.165) is 33.8 Å². The van der Waals surface area contributed by atoms with Gasteiger partial charge in [0.05, 0.1) is 0 Å². The van der Waals surface area contributed by atoms with Crippen LogP contribution < -0.4 is 0 Å². The number of nitrogens with zero attached hydrogens (tertiary/aromatic N) is 1. The average Bonchev–Trinajstić information content (AvgIpc) is 3.11. The van der Waals surface area contributed by atoms with E-state index in [9.17, 15) is 4.79 Å². The lowest BCUT2D eigenvalue weighted by Crippen LogP contribution is -2.35. The number of hydrogen-bond acceptors (Lipinski definition) is 3. The lowest BCUT2D eigenvalue weighted by molar-refractivity contribution is 0.0704. The Hall–Kier alpha value is -0.940. The largest absolute Gasteiger partial charge is 0.451 e. The maximum Gasteiger partial charge on any atom is 0.289 e. The summed E-state index contributed by atoms with van der Waals surface area (Å²) in [5.74, 6) is 0.472. The molecule has 1 aliphatic carbocycles. The highest BCUT2D eigenvalue weighted by Gasteiger charge is 2.31. The molecule has 0 unspecified atom stereocenters. The zero-order valence-corrected chi connectivity index (χ0v) is 15.5. The van der Waals surface area contributed by atoms with E-state index in [1.54, 1.807) is 0 Å². The molecule has 0 radical (unpaired) electrons. The Morgan fingerprint density at radius 1 is 1.41 bits per heavy atom. The van der Waals surface area contributed by atoms with Gasteiger partial charge in [-0.25, -0.2) is 0 Å². The molecule has 0 N–H and O–H groups in total. The van der Waals surface area contributed by atoms with Crippen LogP contribution in [0, 0.1) is 6.92 Å². The van der Waals surface area contributed by atoms with E-state index in [2.05, 4.69) is 22.2 Å². The first kappa shape index (κ1) is 15.9. The van der Waals surface area contributed by atoms with E-state index in [4.69, 9.17) is 4.42 Å². The Balaban J connectivity index is 1.87. The Labute approximate surface area is 143 Å². The fourth-order valence-corrected chi connectivity index (χ4v) is 4.35. The van der Waals surface area contributed by atoms with Gasteiger partial charge < -0.3 is 9.32 Å². The smallest absolute Gasteiger partial charge is 0.289 e. The molecule has 1 aromatic heterocycles. The maximum atomic E-state index is 12.8. The SMILES string of the molecule is CS[C@@H]1CC[C@@H](N(C)C(=O)c2oc3ccc(Br)cc3c2C)C1. The minimum atomic E-state index is -0.00317. The van der Waals surface area contributed by atoms with Crippen LogP contribution in [-0.4, -0.2) is 35.4 Å². The second-order valence-electron chi connectivity index (χ2n) is 5.94. The number of carbonyl (C=O) groups is 1. The molecule has 118 valence electrons. The highest BCUT2D eigenvalue weighted by atomic mass is 79.9. The minimum Gasteiger partial charge on any atom is -0.451 e. The van der Waals surface area contributed by atoms with Crippen molar-refractivity contribution in [3.05, 3.63) is 34.0 Å². The van der Waals surface area contributed by atoms with Crippen molar-refractivity contribution in [2.45, 2.75) is 37.5 Å². The predicted molar refractivity (Wildman–Crippen MR) is 95.7 cm³/mol. The number of thioether (sulfide) groups is 1. The molecule has 2 aromatic rings. The summed E-state index contributed by atoms with van der Waals surface area (Å²) in [7, 11) is 1.90. The first-order chi connectivity index (χ1) is 10.5. The van der Waals surface area contributed by atoms with Crippen molar-refractivity contribution in [3.8, 4) is 0 Å². The van der Waals surface area contributed by atoms with Crippen molar-refractivity contribution < 1.29 is 9.21 Å². The van der Waals surface area contributed by atoms with Crippen LogP contribution >= 0.6 is 27.7 Å². The molecule has 1 aromatic carbocycles. The van der Waals surface area contributed by atoms with Gasteiger partial charge in [0.25, 0.3) is 5.91 Å². The molecular weight excluding hydrogens is 362 g/mol. The lowest BCUT2D eigenvalue weighted by Gasteiger charge is -2.24. The molecule has 3 rings (SSSR count). The normalized spacial score (nSPS) is 21.5. The van der Waals surface area contributed by atoms with Crippen LogP contribution in [-0.2, 0) is 0 Å². The van der Waals surface area contributed by atoms with E-state index in [1.165, 1.54) is 6.42 Å². The third-order valence-electron chi connectivity index (χ3n) is 4.65. The third kappa shape index (κ3) is 2.81. The van der Waals surface area contributed by atoms with E-state index in [-0.39, 0.29) is 5.91 Å². The van der Waals surface area contributed by atoms with E-state index >= 15 is 0 Å². The summed E-state index contributed by atoms with van der Waals surface area (Å²) >= 11 is 5.37. The van der Waals surface area contributed by atoms with Crippen LogP contribution in [0.15, 0.2) is 27.1 Å². The van der Waals surface area contributed by atoms with Gasteiger partial charge >= 0.3 is 0 Å². The van der Waals surface area contributed by atoms with E-state index in [1.807, 2.05) is 48.8 Å². The van der Waals surface area contributed by atoms with Crippen molar-refractivity contribution in [3.63, 3.8) is 0 Å². The number of halogens is 1. The molecular formula is C17H20BrNO2S. The van der Waals surface area contributed by atoms with Crippen LogP contribution in [0.2, 0.25) is 0 Å². The number of amides is 1. The van der Waals surface area contributed by atoms with Gasteiger partial charge in [0.1, 0.15) is 5.58 Å². The third-order valence-corrected chi connectivity index (χ3v) is 6.24. The Morgan fingerprint density at radius 2 is 2.18 bits per heavy atom. The lowest BCUT2D eigenvalue weighted by atomic mass is 10.1. The molecule has 1 heterocycles. The van der Waals surface area contributed by atoms with Gasteiger partial charge in [-0.1, -0.05) is 15.9 Å². The number of rotatable bonds is 3. The number of hydrogen-bond donors (Lipinski definition) is 0. The maximum absolute atomic E-state index is 12.8. The van der Waals surface area contributed by atoms with Crippen LogP contribution in [0.4, 0.5) is 0 Å². The zero-order chi connectivity index (χ0) is 15.9. The molecule has 3 nitrogen and oxygen atoms in total. The molecule has 2 atom stereocenters. The van der Waals surface area contributed by atoms with Gasteiger partial charge in [-0.15, -0.1) is 0 Å². The van der Waals surface area contributed by atoms with E-state index < -0.39 is 0 Å². The van der Waals surface area contributed by atoms with Crippen molar-refractivity contribution in [1.29, 1.82) is 0 Å². The molecule has 0 saturated heterocycles. The summed E-state index contributed by atoms with van der Waals surface area (Å²) in [4.78, 5) is 14.7. The standard InChI is InChI=1S/C17H20BrNO2S/c1-10-14-8-11(18)4-7-15(14)21-16(10)17(20)19(2)12-5-6-13(9-12)22-3/h4,7-8,12-13H,5-6,9H2,1-3H3/t12-,13-/m1/s1. The summed E-state index contributed by atoms with van der Waals surface area (Å²) in [5, 5.41) is 1.67. The predicted octanol–water partition coefficient (Wildman–Crippen LogP) is 4.86.